The zero-order chi connectivity index (χ0) is 26.0. The van der Waals surface area contributed by atoms with E-state index in [9.17, 15) is 14.4 Å². The maximum Gasteiger partial charge on any atom is 0.335 e. The van der Waals surface area contributed by atoms with E-state index in [0.717, 1.165) is 10.5 Å². The molecule has 0 atom stereocenters. The molecule has 36 heavy (non-hydrogen) atoms. The minimum Gasteiger partial charge on any atom is -0.494 e. The van der Waals surface area contributed by atoms with Gasteiger partial charge in [0.05, 0.1) is 12.3 Å². The van der Waals surface area contributed by atoms with Crippen LogP contribution < -0.4 is 15.0 Å². The van der Waals surface area contributed by atoms with E-state index in [1.54, 1.807) is 25.1 Å². The lowest BCUT2D eigenvalue weighted by Crippen LogP contribution is -2.54. The second-order valence-electron chi connectivity index (χ2n) is 8.86. The Morgan fingerprint density at radius 1 is 0.944 bits per heavy atom. The molecule has 3 aromatic carbocycles. The molecule has 1 aliphatic heterocycles. The predicted molar refractivity (Wildman–Crippen MR) is 142 cm³/mol. The number of nitrogens with one attached hydrogen (secondary N) is 1. The Labute approximate surface area is 215 Å². The van der Waals surface area contributed by atoms with Crippen LogP contribution in [0.5, 0.6) is 5.75 Å². The normalized spacial score (nSPS) is 14.9. The number of rotatable bonds is 6. The third-order valence-electron chi connectivity index (χ3n) is 5.89. The Morgan fingerprint density at radius 2 is 1.67 bits per heavy atom. The summed E-state index contributed by atoms with van der Waals surface area (Å²) in [5.74, 6) is -0.794. The van der Waals surface area contributed by atoms with Gasteiger partial charge in [0.2, 0.25) is 0 Å². The largest absolute Gasteiger partial charge is 0.494 e. The number of hydrogen-bond acceptors (Lipinski definition) is 4. The van der Waals surface area contributed by atoms with Crippen molar-refractivity contribution in [3.8, 4) is 5.75 Å². The van der Waals surface area contributed by atoms with Gasteiger partial charge in [-0.05, 0) is 74.2 Å². The van der Waals surface area contributed by atoms with Crippen LogP contribution in [0.25, 0.3) is 6.08 Å². The zero-order valence-electron chi connectivity index (χ0n) is 20.6. The quantitative estimate of drug-likeness (QED) is 0.335. The summed E-state index contributed by atoms with van der Waals surface area (Å²) in [5.41, 5.74) is 6.01. The number of carbonyl (C=O) groups excluding carboxylic acids is 3. The van der Waals surface area contributed by atoms with Crippen molar-refractivity contribution < 1.29 is 19.1 Å². The molecular weight excluding hydrogens is 476 g/mol. The van der Waals surface area contributed by atoms with Crippen LogP contribution in [0.3, 0.4) is 0 Å². The molecule has 0 radical (unpaired) electrons. The number of benzene rings is 3. The third-order valence-corrected chi connectivity index (χ3v) is 6.13. The number of hydrogen-bond donors (Lipinski definition) is 1. The molecule has 6 nitrogen and oxygen atoms in total. The summed E-state index contributed by atoms with van der Waals surface area (Å²) in [4.78, 5) is 39.4. The summed E-state index contributed by atoms with van der Waals surface area (Å²) in [5, 5.41) is 2.63. The Bertz CT molecular complexity index is 1390. The summed E-state index contributed by atoms with van der Waals surface area (Å²) >= 11 is 6.10. The highest BCUT2D eigenvalue weighted by atomic mass is 35.5. The van der Waals surface area contributed by atoms with E-state index >= 15 is 0 Å². The standard InChI is InChI=1S/C29H27ClN2O4/c1-5-36-26-15-20(7-8-22(26)13-21-11-17(2)10-18(3)12-21)14-24-27(33)31-29(35)32(28(24)34)25-16-23(30)9-6-19(25)4/h6-12,14-16H,5,13H2,1-4H3,(H,31,33,35)/b24-14+. The Morgan fingerprint density at radius 3 is 2.36 bits per heavy atom. The molecule has 0 bridgehead atoms. The van der Waals surface area contributed by atoms with Crippen LogP contribution >= 0.6 is 11.6 Å². The summed E-state index contributed by atoms with van der Waals surface area (Å²) in [6.45, 7) is 8.27. The number of ether oxygens (including phenoxy) is 1. The number of imide groups is 2. The zero-order valence-corrected chi connectivity index (χ0v) is 21.4. The Hall–Kier alpha value is -3.90. The molecule has 0 saturated carbocycles. The first-order chi connectivity index (χ1) is 17.2. The van der Waals surface area contributed by atoms with Gasteiger partial charge in [-0.2, -0.15) is 0 Å². The molecule has 3 aromatic rings. The lowest BCUT2D eigenvalue weighted by atomic mass is 9.98. The van der Waals surface area contributed by atoms with Gasteiger partial charge in [0.1, 0.15) is 11.3 Å². The second-order valence-corrected chi connectivity index (χ2v) is 9.30. The van der Waals surface area contributed by atoms with Crippen LogP contribution in [0, 0.1) is 20.8 Å². The average molecular weight is 503 g/mol. The maximum absolute atomic E-state index is 13.3. The number of urea groups is 1. The van der Waals surface area contributed by atoms with E-state index in [0.29, 0.717) is 40.6 Å². The van der Waals surface area contributed by atoms with Gasteiger partial charge < -0.3 is 4.74 Å². The van der Waals surface area contributed by atoms with E-state index in [-0.39, 0.29) is 5.57 Å². The molecule has 0 spiro atoms. The van der Waals surface area contributed by atoms with Gasteiger partial charge in [-0.3, -0.25) is 14.9 Å². The highest BCUT2D eigenvalue weighted by Crippen LogP contribution is 2.29. The van der Waals surface area contributed by atoms with E-state index in [1.165, 1.54) is 28.8 Å². The van der Waals surface area contributed by atoms with E-state index < -0.39 is 17.8 Å². The van der Waals surface area contributed by atoms with Crippen molar-refractivity contribution in [2.45, 2.75) is 34.1 Å². The fraction of sp³-hybridized carbons (Fsp3) is 0.207. The molecule has 4 rings (SSSR count). The van der Waals surface area contributed by atoms with Crippen molar-refractivity contribution in [3.63, 3.8) is 0 Å². The Balaban J connectivity index is 1.69. The molecule has 7 heteroatoms. The molecule has 1 fully saturated rings. The molecule has 1 N–H and O–H groups in total. The first-order valence-corrected chi connectivity index (χ1v) is 12.0. The van der Waals surface area contributed by atoms with Gasteiger partial charge in [0, 0.05) is 11.4 Å². The minimum atomic E-state index is -0.814. The number of nitrogens with zero attached hydrogens (tertiary/aromatic N) is 1. The van der Waals surface area contributed by atoms with Gasteiger partial charge in [0.25, 0.3) is 11.8 Å². The van der Waals surface area contributed by atoms with Gasteiger partial charge in [-0.15, -0.1) is 0 Å². The third kappa shape index (κ3) is 5.34. The van der Waals surface area contributed by atoms with Gasteiger partial charge >= 0.3 is 6.03 Å². The van der Waals surface area contributed by atoms with Crippen LogP contribution in [0.1, 0.15) is 40.3 Å². The van der Waals surface area contributed by atoms with Crippen LogP contribution in [-0.4, -0.2) is 24.5 Å². The number of anilines is 1. The first kappa shape index (κ1) is 25.2. The molecule has 0 aromatic heterocycles. The lowest BCUT2D eigenvalue weighted by molar-refractivity contribution is -0.122. The molecule has 1 aliphatic rings. The van der Waals surface area contributed by atoms with E-state index in [2.05, 4.69) is 37.4 Å². The minimum absolute atomic E-state index is 0.154. The topological polar surface area (TPSA) is 75.7 Å². The van der Waals surface area contributed by atoms with Crippen molar-refractivity contribution in [1.82, 2.24) is 5.32 Å². The van der Waals surface area contributed by atoms with Crippen LogP contribution in [0.4, 0.5) is 10.5 Å². The van der Waals surface area contributed by atoms with Crippen molar-refractivity contribution in [2.24, 2.45) is 0 Å². The second kappa shape index (κ2) is 10.4. The van der Waals surface area contributed by atoms with Crippen molar-refractivity contribution in [2.75, 3.05) is 11.5 Å². The number of halogens is 1. The summed E-state index contributed by atoms with van der Waals surface area (Å²) < 4.78 is 5.90. The highest BCUT2D eigenvalue weighted by Gasteiger charge is 2.37. The lowest BCUT2D eigenvalue weighted by Gasteiger charge is -2.27. The number of carbonyl (C=O) groups is 3. The number of amides is 4. The molecule has 1 saturated heterocycles. The van der Waals surface area contributed by atoms with Crippen molar-refractivity contribution in [1.29, 1.82) is 0 Å². The average Bonchev–Trinajstić information content (AvgIpc) is 2.80. The SMILES string of the molecule is CCOc1cc(/C=C2\C(=O)NC(=O)N(c3cc(Cl)ccc3C)C2=O)ccc1Cc1cc(C)cc(C)c1. The molecule has 0 unspecified atom stereocenters. The fourth-order valence-electron chi connectivity index (χ4n) is 4.35. The summed E-state index contributed by atoms with van der Waals surface area (Å²) in [7, 11) is 0. The molecule has 1 heterocycles. The first-order valence-electron chi connectivity index (χ1n) is 11.7. The molecule has 4 amide bonds. The van der Waals surface area contributed by atoms with E-state index in [1.807, 2.05) is 19.1 Å². The van der Waals surface area contributed by atoms with Crippen LogP contribution in [0.15, 0.2) is 60.2 Å². The van der Waals surface area contributed by atoms with Gasteiger partial charge in [-0.25, -0.2) is 9.69 Å². The van der Waals surface area contributed by atoms with Crippen LogP contribution in [0.2, 0.25) is 5.02 Å². The van der Waals surface area contributed by atoms with Gasteiger partial charge in [-0.1, -0.05) is 59.1 Å². The smallest absolute Gasteiger partial charge is 0.335 e. The van der Waals surface area contributed by atoms with Crippen molar-refractivity contribution >= 4 is 41.2 Å². The molecule has 0 aliphatic carbocycles. The van der Waals surface area contributed by atoms with Gasteiger partial charge in [0.15, 0.2) is 0 Å². The van der Waals surface area contributed by atoms with Crippen LogP contribution in [-0.2, 0) is 16.0 Å². The summed E-state index contributed by atoms with van der Waals surface area (Å²) in [6, 6.07) is 16.1. The predicted octanol–water partition coefficient (Wildman–Crippen LogP) is 5.92. The fourth-order valence-corrected chi connectivity index (χ4v) is 4.52. The van der Waals surface area contributed by atoms with Crippen molar-refractivity contribution in [3.05, 3.63) is 98.6 Å². The van der Waals surface area contributed by atoms with E-state index in [4.69, 9.17) is 16.3 Å². The highest BCUT2D eigenvalue weighted by molar-refractivity contribution is 6.39. The monoisotopic (exact) mass is 502 g/mol. The molecule has 184 valence electrons. The summed E-state index contributed by atoms with van der Waals surface area (Å²) in [6.07, 6.45) is 2.16. The Kier molecular flexibility index (Phi) is 7.27. The molecular formula is C29H27ClN2O4. The number of barbiturate groups is 1. The maximum atomic E-state index is 13.3. The number of aryl methyl sites for hydroxylation is 3.